The van der Waals surface area contributed by atoms with Crippen LogP contribution in [0.1, 0.15) is 15.9 Å². The van der Waals surface area contributed by atoms with E-state index in [0.717, 1.165) is 10.6 Å². The Hall–Kier alpha value is -2.47. The van der Waals surface area contributed by atoms with Crippen LogP contribution in [0, 0.1) is 5.82 Å². The topological polar surface area (TPSA) is 63.1 Å². The van der Waals surface area contributed by atoms with Crippen molar-refractivity contribution in [3.8, 4) is 11.3 Å². The lowest BCUT2D eigenvalue weighted by molar-refractivity contribution is 0.0698. The first-order chi connectivity index (χ1) is 10.6. The molecule has 0 saturated heterocycles. The second-order valence-corrected chi connectivity index (χ2v) is 5.89. The Labute approximate surface area is 129 Å². The van der Waals surface area contributed by atoms with Gasteiger partial charge < -0.3 is 5.11 Å². The number of thioether (sulfide) groups is 1. The maximum absolute atomic E-state index is 13.5. The molecular weight excluding hydrogens is 303 g/mol. The van der Waals surface area contributed by atoms with Crippen LogP contribution in [0.15, 0.2) is 41.6 Å². The van der Waals surface area contributed by atoms with Crippen LogP contribution in [0.5, 0.6) is 0 Å². The summed E-state index contributed by atoms with van der Waals surface area (Å²) in [5, 5.41) is 10.8. The number of aromatic nitrogens is 2. The van der Waals surface area contributed by atoms with E-state index < -0.39 is 11.8 Å². The van der Waals surface area contributed by atoms with E-state index in [4.69, 9.17) is 0 Å². The molecule has 0 saturated carbocycles. The van der Waals surface area contributed by atoms with Gasteiger partial charge >= 0.3 is 5.97 Å². The highest BCUT2D eigenvalue weighted by atomic mass is 32.2. The molecule has 6 heteroatoms. The predicted octanol–water partition coefficient (Wildman–Crippen LogP) is 3.74. The summed E-state index contributed by atoms with van der Waals surface area (Å²) >= 11 is 1.47. The van der Waals surface area contributed by atoms with Crippen LogP contribution in [0.4, 0.5) is 4.39 Å². The van der Waals surface area contributed by atoms with Gasteiger partial charge in [-0.2, -0.15) is 0 Å². The van der Waals surface area contributed by atoms with Crippen LogP contribution in [-0.2, 0) is 5.75 Å². The molecule has 1 aliphatic heterocycles. The van der Waals surface area contributed by atoms with Gasteiger partial charge in [0.2, 0.25) is 0 Å². The minimum absolute atomic E-state index is 0.126. The van der Waals surface area contributed by atoms with Crippen molar-refractivity contribution in [2.45, 2.75) is 10.8 Å². The Morgan fingerprint density at radius 1 is 1.32 bits per heavy atom. The van der Waals surface area contributed by atoms with E-state index in [2.05, 4.69) is 9.97 Å². The zero-order valence-electron chi connectivity index (χ0n) is 11.2. The van der Waals surface area contributed by atoms with Crippen LogP contribution in [0.2, 0.25) is 0 Å². The number of carboxylic acids is 1. The molecule has 4 nitrogen and oxygen atoms in total. The number of hydrogen-bond donors (Lipinski definition) is 1. The molecule has 1 aliphatic rings. The van der Waals surface area contributed by atoms with Crippen molar-refractivity contribution in [2.24, 2.45) is 0 Å². The van der Waals surface area contributed by atoms with E-state index in [1.54, 1.807) is 12.3 Å². The zero-order chi connectivity index (χ0) is 15.3. The summed E-state index contributed by atoms with van der Waals surface area (Å²) in [4.78, 5) is 20.6. The molecule has 3 aromatic rings. The van der Waals surface area contributed by atoms with Gasteiger partial charge in [-0.3, -0.25) is 0 Å². The monoisotopic (exact) mass is 312 g/mol. The van der Waals surface area contributed by atoms with Crippen LogP contribution in [0.25, 0.3) is 22.2 Å². The van der Waals surface area contributed by atoms with Crippen LogP contribution < -0.4 is 0 Å². The summed E-state index contributed by atoms with van der Waals surface area (Å²) in [6, 6.07) is 7.70. The van der Waals surface area contributed by atoms with Crippen molar-refractivity contribution >= 4 is 28.6 Å². The van der Waals surface area contributed by atoms with Crippen molar-refractivity contribution in [3.05, 3.63) is 53.5 Å². The van der Waals surface area contributed by atoms with Gasteiger partial charge in [0.25, 0.3) is 0 Å². The number of nitrogens with zero attached hydrogens (tertiary/aromatic N) is 2. The maximum atomic E-state index is 13.5. The lowest BCUT2D eigenvalue weighted by atomic mass is 9.98. The first kappa shape index (κ1) is 13.2. The van der Waals surface area contributed by atoms with Gasteiger partial charge in [0, 0.05) is 28.5 Å². The molecule has 0 bridgehead atoms. The third-order valence-corrected chi connectivity index (χ3v) is 4.67. The summed E-state index contributed by atoms with van der Waals surface area (Å²) in [5.41, 5.74) is 2.66. The molecule has 0 spiro atoms. The molecule has 22 heavy (non-hydrogen) atoms. The molecule has 1 aromatic carbocycles. The smallest absolute Gasteiger partial charge is 0.336 e. The molecule has 3 heterocycles. The second kappa shape index (κ2) is 4.78. The first-order valence-electron chi connectivity index (χ1n) is 6.59. The molecule has 4 rings (SSSR count). The van der Waals surface area contributed by atoms with Crippen molar-refractivity contribution in [2.75, 3.05) is 0 Å². The normalized spacial score (nSPS) is 12.8. The minimum Gasteiger partial charge on any atom is -0.478 e. The lowest BCUT2D eigenvalue weighted by Crippen LogP contribution is -2.10. The Morgan fingerprint density at radius 2 is 2.18 bits per heavy atom. The van der Waals surface area contributed by atoms with Gasteiger partial charge in [0.05, 0.1) is 16.8 Å². The minimum atomic E-state index is -1.07. The van der Waals surface area contributed by atoms with Crippen LogP contribution in [-0.4, -0.2) is 21.0 Å². The lowest BCUT2D eigenvalue weighted by Gasteiger charge is -2.20. The van der Waals surface area contributed by atoms with E-state index >= 15 is 0 Å². The third kappa shape index (κ3) is 1.88. The van der Waals surface area contributed by atoms with E-state index in [1.807, 2.05) is 6.07 Å². The fraction of sp³-hybridized carbons (Fsp3) is 0.0625. The van der Waals surface area contributed by atoms with Crippen molar-refractivity contribution in [1.29, 1.82) is 0 Å². The molecule has 1 N–H and O–H groups in total. The standard InChI is InChI=1S/C16H9FN2O2S/c17-8-3-4-12-10(6-8)13(16(20)21)11-7-22-15-9(14(11)19-12)2-1-5-18-15/h1-6H,7H2,(H,20,21). The maximum Gasteiger partial charge on any atom is 0.336 e. The Kier molecular flexibility index (Phi) is 2.87. The molecule has 0 unspecified atom stereocenters. The Balaban J connectivity index is 2.14. The van der Waals surface area contributed by atoms with Crippen LogP contribution >= 0.6 is 11.8 Å². The second-order valence-electron chi connectivity index (χ2n) is 4.93. The number of carbonyl (C=O) groups is 1. The van der Waals surface area contributed by atoms with Gasteiger partial charge in [-0.05, 0) is 30.3 Å². The molecule has 108 valence electrons. The van der Waals surface area contributed by atoms with E-state index in [0.29, 0.717) is 27.9 Å². The molecule has 0 atom stereocenters. The summed E-state index contributed by atoms with van der Waals surface area (Å²) in [6.45, 7) is 0. The molecule has 0 amide bonds. The fourth-order valence-electron chi connectivity index (χ4n) is 2.71. The van der Waals surface area contributed by atoms with Gasteiger partial charge in [-0.1, -0.05) is 0 Å². The van der Waals surface area contributed by atoms with Gasteiger partial charge in [-0.25, -0.2) is 19.2 Å². The van der Waals surface area contributed by atoms with Crippen molar-refractivity contribution < 1.29 is 14.3 Å². The number of rotatable bonds is 1. The summed E-state index contributed by atoms with van der Waals surface area (Å²) in [7, 11) is 0. The highest BCUT2D eigenvalue weighted by Crippen LogP contribution is 2.42. The third-order valence-electron chi connectivity index (χ3n) is 3.64. The van der Waals surface area contributed by atoms with E-state index in [9.17, 15) is 14.3 Å². The number of fused-ring (bicyclic) bond motifs is 4. The SMILES string of the molecule is O=C(O)c1c2c(nc3ccc(F)cc13)-c1cccnc1SC2. The number of pyridine rings is 2. The number of benzene rings is 1. The average molecular weight is 312 g/mol. The van der Waals surface area contributed by atoms with E-state index in [1.165, 1.54) is 30.0 Å². The summed E-state index contributed by atoms with van der Waals surface area (Å²) < 4.78 is 13.5. The average Bonchev–Trinajstić information content (AvgIpc) is 2.52. The predicted molar refractivity (Wildman–Crippen MR) is 81.5 cm³/mol. The van der Waals surface area contributed by atoms with Crippen molar-refractivity contribution in [1.82, 2.24) is 9.97 Å². The molecule has 0 aliphatic carbocycles. The Morgan fingerprint density at radius 3 is 3.00 bits per heavy atom. The quantitative estimate of drug-likeness (QED) is 0.741. The Bertz CT molecular complexity index is 943. The van der Waals surface area contributed by atoms with Gasteiger partial charge in [-0.15, -0.1) is 11.8 Å². The molecular formula is C16H9FN2O2S. The van der Waals surface area contributed by atoms with E-state index in [-0.39, 0.29) is 5.56 Å². The number of carboxylic acid groups (broad SMARTS) is 1. The van der Waals surface area contributed by atoms with Gasteiger partial charge in [0.1, 0.15) is 10.8 Å². The largest absolute Gasteiger partial charge is 0.478 e. The molecule has 2 aromatic heterocycles. The zero-order valence-corrected chi connectivity index (χ0v) is 12.0. The number of hydrogen-bond acceptors (Lipinski definition) is 4. The first-order valence-corrected chi connectivity index (χ1v) is 7.57. The fourth-order valence-corrected chi connectivity index (χ4v) is 3.73. The van der Waals surface area contributed by atoms with Crippen molar-refractivity contribution in [3.63, 3.8) is 0 Å². The number of halogens is 1. The highest BCUT2D eigenvalue weighted by Gasteiger charge is 2.26. The summed E-state index contributed by atoms with van der Waals surface area (Å²) in [5.74, 6) is -1.08. The van der Waals surface area contributed by atoms with Gasteiger partial charge in [0.15, 0.2) is 0 Å². The molecule has 0 radical (unpaired) electrons. The highest BCUT2D eigenvalue weighted by molar-refractivity contribution is 7.98. The van der Waals surface area contributed by atoms with Crippen LogP contribution in [0.3, 0.4) is 0 Å². The summed E-state index contributed by atoms with van der Waals surface area (Å²) in [6.07, 6.45) is 1.70. The molecule has 0 fully saturated rings. The number of aromatic carboxylic acids is 1.